The summed E-state index contributed by atoms with van der Waals surface area (Å²) in [6.45, 7) is 1.85. The summed E-state index contributed by atoms with van der Waals surface area (Å²) in [4.78, 5) is 2.23. The third-order valence-electron chi connectivity index (χ3n) is 2.98. The normalized spacial score (nSPS) is 39.8. The lowest BCUT2D eigenvalue weighted by Gasteiger charge is -2.21. The van der Waals surface area contributed by atoms with Gasteiger partial charge in [0.15, 0.2) is 9.84 Å². The summed E-state index contributed by atoms with van der Waals surface area (Å²) in [6.07, 6.45) is 1.81. The van der Waals surface area contributed by atoms with Crippen LogP contribution in [0.2, 0.25) is 0 Å². The van der Waals surface area contributed by atoms with Gasteiger partial charge in [0.1, 0.15) is 0 Å². The Morgan fingerprint density at radius 2 is 2.08 bits per heavy atom. The van der Waals surface area contributed by atoms with Crippen LogP contribution in [0.5, 0.6) is 0 Å². The summed E-state index contributed by atoms with van der Waals surface area (Å²) >= 11 is 0. The summed E-state index contributed by atoms with van der Waals surface area (Å²) in [5, 5.41) is 0. The highest BCUT2D eigenvalue weighted by atomic mass is 32.2. The largest absolute Gasteiger partial charge is 0.326 e. The monoisotopic (exact) mass is 204 g/mol. The van der Waals surface area contributed by atoms with Crippen LogP contribution < -0.4 is 5.73 Å². The molecule has 0 aromatic carbocycles. The van der Waals surface area contributed by atoms with E-state index in [1.54, 1.807) is 0 Å². The summed E-state index contributed by atoms with van der Waals surface area (Å²) in [5.41, 5.74) is 5.77. The van der Waals surface area contributed by atoms with Crippen LogP contribution >= 0.6 is 0 Å². The molecular formula is C8H16N2O2S. The number of nitrogens with two attached hydrogens (primary N) is 1. The van der Waals surface area contributed by atoms with Gasteiger partial charge in [0.25, 0.3) is 0 Å². The van der Waals surface area contributed by atoms with Crippen molar-refractivity contribution < 1.29 is 8.42 Å². The van der Waals surface area contributed by atoms with Crippen LogP contribution in [0.25, 0.3) is 0 Å². The third-order valence-corrected chi connectivity index (χ3v) is 4.73. The van der Waals surface area contributed by atoms with Crippen LogP contribution in [0.4, 0.5) is 0 Å². The van der Waals surface area contributed by atoms with E-state index in [1.165, 1.54) is 0 Å². The van der Waals surface area contributed by atoms with Gasteiger partial charge in [-0.1, -0.05) is 0 Å². The molecule has 0 amide bonds. The van der Waals surface area contributed by atoms with Crippen LogP contribution in [-0.4, -0.2) is 50.0 Å². The van der Waals surface area contributed by atoms with E-state index < -0.39 is 9.84 Å². The van der Waals surface area contributed by atoms with Crippen LogP contribution in [0.3, 0.4) is 0 Å². The van der Waals surface area contributed by atoms with Crippen molar-refractivity contribution in [2.75, 3.05) is 24.6 Å². The molecule has 0 saturated carbocycles. The van der Waals surface area contributed by atoms with Gasteiger partial charge in [-0.3, -0.25) is 4.90 Å². The van der Waals surface area contributed by atoms with E-state index in [0.29, 0.717) is 11.5 Å². The van der Waals surface area contributed by atoms with Gasteiger partial charge in [0.05, 0.1) is 11.5 Å². The van der Waals surface area contributed by atoms with Crippen molar-refractivity contribution >= 4 is 9.84 Å². The number of likely N-dealkylation sites (tertiary alicyclic amines) is 1. The molecule has 0 unspecified atom stereocenters. The lowest BCUT2D eigenvalue weighted by atomic mass is 10.2. The highest BCUT2D eigenvalue weighted by Crippen LogP contribution is 2.21. The molecule has 2 saturated heterocycles. The van der Waals surface area contributed by atoms with Gasteiger partial charge < -0.3 is 5.73 Å². The van der Waals surface area contributed by atoms with Crippen molar-refractivity contribution in [3.8, 4) is 0 Å². The zero-order valence-electron chi connectivity index (χ0n) is 7.65. The van der Waals surface area contributed by atoms with Gasteiger partial charge >= 0.3 is 0 Å². The maximum Gasteiger partial charge on any atom is 0.151 e. The molecule has 0 bridgehead atoms. The predicted octanol–water partition coefficient (Wildman–Crippen LogP) is -0.793. The minimum Gasteiger partial charge on any atom is -0.326 e. The standard InChI is InChI=1S/C8H16N2O2S/c9-7-1-3-10(5-7)8-2-4-13(11,12)6-8/h7-8H,1-6,9H2/t7-,8-/m1/s1. The molecule has 5 heteroatoms. The van der Waals surface area contributed by atoms with E-state index in [0.717, 1.165) is 25.9 Å². The molecule has 2 heterocycles. The number of hydrogen-bond acceptors (Lipinski definition) is 4. The van der Waals surface area contributed by atoms with E-state index >= 15 is 0 Å². The summed E-state index contributed by atoms with van der Waals surface area (Å²) < 4.78 is 22.4. The first kappa shape index (κ1) is 9.43. The van der Waals surface area contributed by atoms with E-state index in [2.05, 4.69) is 4.90 Å². The molecule has 2 aliphatic rings. The topological polar surface area (TPSA) is 63.4 Å². The number of nitrogens with zero attached hydrogens (tertiary/aromatic N) is 1. The Kier molecular flexibility index (Phi) is 2.33. The minimum atomic E-state index is -2.73. The molecular weight excluding hydrogens is 188 g/mol. The van der Waals surface area contributed by atoms with Crippen LogP contribution in [0.1, 0.15) is 12.8 Å². The molecule has 4 nitrogen and oxygen atoms in total. The first-order chi connectivity index (χ1) is 6.07. The van der Waals surface area contributed by atoms with Crippen molar-refractivity contribution in [2.45, 2.75) is 24.9 Å². The number of rotatable bonds is 1. The third kappa shape index (κ3) is 2.03. The van der Waals surface area contributed by atoms with Gasteiger partial charge in [-0.15, -0.1) is 0 Å². The van der Waals surface area contributed by atoms with Crippen molar-refractivity contribution in [1.82, 2.24) is 4.90 Å². The Balaban J connectivity index is 1.97. The molecule has 0 aromatic heterocycles. The lowest BCUT2D eigenvalue weighted by molar-refractivity contribution is 0.260. The fourth-order valence-corrected chi connectivity index (χ4v) is 3.97. The molecule has 13 heavy (non-hydrogen) atoms. The predicted molar refractivity (Wildman–Crippen MR) is 51.2 cm³/mol. The maximum absolute atomic E-state index is 11.2. The van der Waals surface area contributed by atoms with Gasteiger partial charge in [-0.2, -0.15) is 0 Å². The van der Waals surface area contributed by atoms with Gasteiger partial charge in [0.2, 0.25) is 0 Å². The lowest BCUT2D eigenvalue weighted by Crippen LogP contribution is -2.36. The second-order valence-corrected chi connectivity index (χ2v) is 6.33. The molecule has 0 aliphatic carbocycles. The Morgan fingerprint density at radius 3 is 2.54 bits per heavy atom. The Labute approximate surface area is 79.0 Å². The average Bonchev–Trinajstić information content (AvgIpc) is 2.56. The number of hydrogen-bond donors (Lipinski definition) is 1. The molecule has 0 spiro atoms. The first-order valence-corrected chi connectivity index (χ1v) is 6.59. The average molecular weight is 204 g/mol. The summed E-state index contributed by atoms with van der Waals surface area (Å²) in [7, 11) is -2.73. The smallest absolute Gasteiger partial charge is 0.151 e. The summed E-state index contributed by atoms with van der Waals surface area (Å²) in [6, 6.07) is 0.502. The Morgan fingerprint density at radius 1 is 1.31 bits per heavy atom. The second kappa shape index (κ2) is 3.22. The van der Waals surface area contributed by atoms with Crippen molar-refractivity contribution in [1.29, 1.82) is 0 Å². The first-order valence-electron chi connectivity index (χ1n) is 4.77. The van der Waals surface area contributed by atoms with Crippen molar-refractivity contribution in [3.63, 3.8) is 0 Å². The van der Waals surface area contributed by atoms with Crippen LogP contribution in [0.15, 0.2) is 0 Å². The highest BCUT2D eigenvalue weighted by Gasteiger charge is 2.34. The van der Waals surface area contributed by atoms with Gasteiger partial charge in [-0.25, -0.2) is 8.42 Å². The van der Waals surface area contributed by atoms with E-state index in [9.17, 15) is 8.42 Å². The van der Waals surface area contributed by atoms with Crippen molar-refractivity contribution in [3.05, 3.63) is 0 Å². The molecule has 2 N–H and O–H groups in total. The fourth-order valence-electron chi connectivity index (χ4n) is 2.21. The number of sulfone groups is 1. The molecule has 2 atom stereocenters. The zero-order chi connectivity index (χ0) is 9.47. The molecule has 76 valence electrons. The van der Waals surface area contributed by atoms with E-state index in [-0.39, 0.29) is 12.1 Å². The second-order valence-electron chi connectivity index (χ2n) is 4.10. The quantitative estimate of drug-likeness (QED) is 0.608. The van der Waals surface area contributed by atoms with Gasteiger partial charge in [-0.05, 0) is 12.8 Å². The fraction of sp³-hybridized carbons (Fsp3) is 1.00. The van der Waals surface area contributed by atoms with E-state index in [1.807, 2.05) is 0 Å². The summed E-state index contributed by atoms with van der Waals surface area (Å²) in [5.74, 6) is 0.711. The molecule has 2 aliphatic heterocycles. The molecule has 2 fully saturated rings. The Hall–Kier alpha value is -0.130. The zero-order valence-corrected chi connectivity index (χ0v) is 8.46. The Bertz CT molecular complexity index is 289. The van der Waals surface area contributed by atoms with Crippen LogP contribution in [0, 0.1) is 0 Å². The maximum atomic E-state index is 11.2. The molecule has 2 rings (SSSR count). The minimum absolute atomic E-state index is 0.249. The molecule has 0 aromatic rings. The van der Waals surface area contributed by atoms with Crippen molar-refractivity contribution in [2.24, 2.45) is 5.73 Å². The van der Waals surface area contributed by atoms with E-state index in [4.69, 9.17) is 5.73 Å². The van der Waals surface area contributed by atoms with Gasteiger partial charge in [0, 0.05) is 25.2 Å². The van der Waals surface area contributed by atoms with Crippen LogP contribution in [-0.2, 0) is 9.84 Å². The SMILES string of the molecule is N[C@@H]1CCN([C@@H]2CCS(=O)(=O)C2)C1. The molecule has 0 radical (unpaired) electrons. The highest BCUT2D eigenvalue weighted by molar-refractivity contribution is 7.91.